The number of aromatic amines is 1. The first-order chi connectivity index (χ1) is 18.5. The second kappa shape index (κ2) is 12.9. The molecule has 1 aromatic heterocycles. The number of hydrogen-bond donors (Lipinski definition) is 7. The number of carbonyl (C=O) groups excluding carboxylic acids is 3. The molecule has 0 aliphatic rings. The third-order valence-electron chi connectivity index (χ3n) is 6.44. The zero-order valence-corrected chi connectivity index (χ0v) is 22.1. The minimum atomic E-state index is -1.21. The molecule has 1 heterocycles. The third kappa shape index (κ3) is 7.81. The van der Waals surface area contributed by atoms with Crippen molar-refractivity contribution in [2.24, 2.45) is 11.7 Å². The normalized spacial score (nSPS) is 14.3. The van der Waals surface area contributed by atoms with Crippen molar-refractivity contribution in [2.75, 3.05) is 0 Å². The van der Waals surface area contributed by atoms with Gasteiger partial charge < -0.3 is 36.9 Å². The number of fused-ring (bicyclic) bond motifs is 1. The van der Waals surface area contributed by atoms with Crippen molar-refractivity contribution >= 4 is 34.6 Å². The van der Waals surface area contributed by atoms with Crippen molar-refractivity contribution < 1.29 is 29.4 Å². The van der Waals surface area contributed by atoms with E-state index in [2.05, 4.69) is 20.9 Å². The molecule has 4 unspecified atom stereocenters. The van der Waals surface area contributed by atoms with Crippen LogP contribution in [0.2, 0.25) is 0 Å². The van der Waals surface area contributed by atoms with Crippen LogP contribution in [0.15, 0.2) is 54.7 Å². The van der Waals surface area contributed by atoms with Crippen molar-refractivity contribution in [3.8, 4) is 5.75 Å². The average Bonchev–Trinajstić information content (AvgIpc) is 3.30. The van der Waals surface area contributed by atoms with Gasteiger partial charge in [0.25, 0.3) is 0 Å². The smallest absolute Gasteiger partial charge is 0.326 e. The second-order valence-electron chi connectivity index (χ2n) is 9.90. The zero-order valence-electron chi connectivity index (χ0n) is 22.1. The largest absolute Gasteiger partial charge is 0.508 e. The van der Waals surface area contributed by atoms with Crippen LogP contribution in [-0.2, 0) is 32.0 Å². The quantitative estimate of drug-likeness (QED) is 0.181. The summed E-state index contributed by atoms with van der Waals surface area (Å²) in [5, 5.41) is 27.7. The number of carboxylic acids is 1. The van der Waals surface area contributed by atoms with Gasteiger partial charge in [0.05, 0.1) is 6.04 Å². The van der Waals surface area contributed by atoms with Crippen LogP contribution in [0.3, 0.4) is 0 Å². The summed E-state index contributed by atoms with van der Waals surface area (Å²) in [6.07, 6.45) is 1.96. The maximum absolute atomic E-state index is 13.0. The first-order valence-corrected chi connectivity index (χ1v) is 12.7. The van der Waals surface area contributed by atoms with Crippen LogP contribution in [0.5, 0.6) is 5.75 Å². The Morgan fingerprint density at radius 2 is 1.54 bits per heavy atom. The number of nitrogens with one attached hydrogen (secondary N) is 4. The van der Waals surface area contributed by atoms with Crippen molar-refractivity contribution in [1.29, 1.82) is 0 Å². The maximum atomic E-state index is 13.0. The highest BCUT2D eigenvalue weighted by molar-refractivity contribution is 5.94. The van der Waals surface area contributed by atoms with Crippen molar-refractivity contribution in [2.45, 2.75) is 57.8 Å². The lowest BCUT2D eigenvalue weighted by molar-refractivity contribution is -0.142. The fraction of sp³-hybridized carbons (Fsp3) is 0.357. The van der Waals surface area contributed by atoms with Gasteiger partial charge in [0.2, 0.25) is 17.7 Å². The number of para-hydroxylation sites is 1. The molecule has 8 N–H and O–H groups in total. The summed E-state index contributed by atoms with van der Waals surface area (Å²) in [5.74, 6) is -3.24. The molecular formula is C28H35N5O6. The molecular weight excluding hydrogens is 502 g/mol. The van der Waals surface area contributed by atoms with Crippen molar-refractivity contribution in [1.82, 2.24) is 20.9 Å². The molecule has 0 saturated heterocycles. The average molecular weight is 538 g/mol. The summed E-state index contributed by atoms with van der Waals surface area (Å²) in [6, 6.07) is 9.53. The summed E-state index contributed by atoms with van der Waals surface area (Å²) < 4.78 is 0. The first-order valence-electron chi connectivity index (χ1n) is 12.7. The SMILES string of the molecule is CC(NC(=O)C(NC(=O)C(N)Cc1ccc(O)cc1)C(C)C)C(=O)NC(Cc1c[nH]c2ccccc12)C(=O)O. The van der Waals surface area contributed by atoms with Gasteiger partial charge in [0.15, 0.2) is 0 Å². The van der Waals surface area contributed by atoms with Gasteiger partial charge in [-0.25, -0.2) is 4.79 Å². The van der Waals surface area contributed by atoms with E-state index in [4.69, 9.17) is 5.73 Å². The van der Waals surface area contributed by atoms with Gasteiger partial charge in [-0.05, 0) is 48.6 Å². The fourth-order valence-corrected chi connectivity index (χ4v) is 4.16. The Morgan fingerprint density at radius 1 is 0.872 bits per heavy atom. The number of phenolic OH excluding ortho intramolecular Hbond substituents is 1. The van der Waals surface area contributed by atoms with Gasteiger partial charge >= 0.3 is 5.97 Å². The van der Waals surface area contributed by atoms with Crippen molar-refractivity contribution in [3.63, 3.8) is 0 Å². The minimum Gasteiger partial charge on any atom is -0.508 e. The summed E-state index contributed by atoms with van der Waals surface area (Å²) in [7, 11) is 0. The summed E-state index contributed by atoms with van der Waals surface area (Å²) >= 11 is 0. The first kappa shape index (κ1) is 29.2. The van der Waals surface area contributed by atoms with E-state index in [1.165, 1.54) is 19.1 Å². The Morgan fingerprint density at radius 3 is 2.18 bits per heavy atom. The monoisotopic (exact) mass is 537 g/mol. The highest BCUT2D eigenvalue weighted by Gasteiger charge is 2.30. The molecule has 0 aliphatic heterocycles. The van der Waals surface area contributed by atoms with E-state index in [0.717, 1.165) is 22.0 Å². The number of carboxylic acid groups (broad SMARTS) is 1. The van der Waals surface area contributed by atoms with E-state index >= 15 is 0 Å². The van der Waals surface area contributed by atoms with Gasteiger partial charge in [0, 0.05) is 23.5 Å². The van der Waals surface area contributed by atoms with Crippen LogP contribution in [0.25, 0.3) is 10.9 Å². The Kier molecular flexibility index (Phi) is 9.67. The predicted octanol–water partition coefficient (Wildman–Crippen LogP) is 1.20. The van der Waals surface area contributed by atoms with Crippen LogP contribution < -0.4 is 21.7 Å². The number of nitrogens with two attached hydrogens (primary N) is 1. The fourth-order valence-electron chi connectivity index (χ4n) is 4.16. The van der Waals surface area contributed by atoms with E-state index in [9.17, 15) is 29.4 Å². The van der Waals surface area contributed by atoms with E-state index in [1.807, 2.05) is 24.3 Å². The Bertz CT molecular complexity index is 1320. The van der Waals surface area contributed by atoms with E-state index in [1.54, 1.807) is 32.2 Å². The molecule has 208 valence electrons. The number of carbonyl (C=O) groups is 4. The number of phenols is 1. The number of rotatable bonds is 12. The molecule has 3 rings (SSSR count). The molecule has 0 fully saturated rings. The standard InChI is InChI=1S/C28H35N5O6/c1-15(2)24(33-26(36)21(29)12-17-8-10-19(34)11-9-17)27(37)31-16(3)25(35)32-23(28(38)39)13-18-14-30-22-7-5-4-6-20(18)22/h4-11,14-16,21,23-24,30,34H,12-13,29H2,1-3H3,(H,31,37)(H,32,35)(H,33,36)(H,38,39). The molecule has 0 radical (unpaired) electrons. The van der Waals surface area contributed by atoms with Gasteiger partial charge in [-0.1, -0.05) is 44.2 Å². The van der Waals surface area contributed by atoms with Crippen molar-refractivity contribution in [3.05, 3.63) is 65.9 Å². The van der Waals surface area contributed by atoms with Crippen LogP contribution >= 0.6 is 0 Å². The number of hydrogen-bond acceptors (Lipinski definition) is 6. The van der Waals surface area contributed by atoms with Gasteiger partial charge in [-0.3, -0.25) is 14.4 Å². The summed E-state index contributed by atoms with van der Waals surface area (Å²) in [4.78, 5) is 53.5. The number of amides is 3. The van der Waals surface area contributed by atoms with Crippen LogP contribution in [-0.4, -0.2) is 63.1 Å². The molecule has 3 aromatic rings. The topological polar surface area (TPSA) is 187 Å². The zero-order chi connectivity index (χ0) is 28.7. The molecule has 4 atom stereocenters. The lowest BCUT2D eigenvalue weighted by Gasteiger charge is -2.25. The van der Waals surface area contributed by atoms with Crippen LogP contribution in [0.4, 0.5) is 0 Å². The summed E-state index contributed by atoms with van der Waals surface area (Å²) in [6.45, 7) is 4.92. The number of aliphatic carboxylic acids is 1. The number of aromatic nitrogens is 1. The highest BCUT2D eigenvalue weighted by Crippen LogP contribution is 2.19. The number of H-pyrrole nitrogens is 1. The van der Waals surface area contributed by atoms with E-state index in [-0.39, 0.29) is 24.5 Å². The molecule has 0 spiro atoms. The molecule has 0 saturated carbocycles. The lowest BCUT2D eigenvalue weighted by Crippen LogP contribution is -2.58. The Labute approximate surface area is 226 Å². The van der Waals surface area contributed by atoms with Crippen LogP contribution in [0, 0.1) is 5.92 Å². The van der Waals surface area contributed by atoms with E-state index < -0.39 is 47.9 Å². The highest BCUT2D eigenvalue weighted by atomic mass is 16.4. The molecule has 0 aliphatic carbocycles. The molecule has 0 bridgehead atoms. The predicted molar refractivity (Wildman–Crippen MR) is 146 cm³/mol. The molecule has 2 aromatic carbocycles. The molecule has 11 nitrogen and oxygen atoms in total. The number of benzene rings is 2. The molecule has 3 amide bonds. The van der Waals surface area contributed by atoms with Gasteiger partial charge in [-0.15, -0.1) is 0 Å². The van der Waals surface area contributed by atoms with E-state index in [0.29, 0.717) is 0 Å². The Balaban J connectivity index is 1.58. The lowest BCUT2D eigenvalue weighted by atomic mass is 10.0. The van der Waals surface area contributed by atoms with Crippen LogP contribution in [0.1, 0.15) is 31.9 Å². The second-order valence-corrected chi connectivity index (χ2v) is 9.90. The summed E-state index contributed by atoms with van der Waals surface area (Å²) in [5.41, 5.74) is 8.36. The van der Waals surface area contributed by atoms with Gasteiger partial charge in [-0.2, -0.15) is 0 Å². The molecule has 39 heavy (non-hydrogen) atoms. The number of aromatic hydroxyl groups is 1. The Hall–Kier alpha value is -4.38. The third-order valence-corrected chi connectivity index (χ3v) is 6.44. The molecule has 11 heteroatoms. The maximum Gasteiger partial charge on any atom is 0.326 e. The minimum absolute atomic E-state index is 0.0509. The van der Waals surface area contributed by atoms with Gasteiger partial charge in [0.1, 0.15) is 23.9 Å².